The number of methoxy groups -OCH3 is 1. The zero-order chi connectivity index (χ0) is 7.82. The first-order valence-corrected chi connectivity index (χ1v) is 4.38. The predicted octanol–water partition coefficient (Wildman–Crippen LogP) is 2.28. The van der Waals surface area contributed by atoms with Crippen LogP contribution in [-0.2, 0) is 9.53 Å². The molecule has 0 aliphatic rings. The van der Waals surface area contributed by atoms with Crippen LogP contribution in [-0.4, -0.2) is 13.1 Å². The van der Waals surface area contributed by atoms with Crippen LogP contribution >= 0.6 is 22.6 Å². The topological polar surface area (TPSA) is 26.3 Å². The van der Waals surface area contributed by atoms with Crippen molar-refractivity contribution in [2.75, 3.05) is 7.11 Å². The number of allylic oxidation sites excluding steroid dienone is 1. The highest BCUT2D eigenvalue weighted by Gasteiger charge is 1.96. The Balaban J connectivity index is 3.11. The van der Waals surface area contributed by atoms with Crippen molar-refractivity contribution in [1.29, 1.82) is 0 Å². The van der Waals surface area contributed by atoms with Gasteiger partial charge in [-0.2, -0.15) is 0 Å². The standard InChI is InChI=1S/C7H11IO2/c1-10-7(9)5-3-2-4-6-8/h4,6H,2-3,5H2,1H3/b6-4-. The van der Waals surface area contributed by atoms with Gasteiger partial charge < -0.3 is 4.74 Å². The van der Waals surface area contributed by atoms with Gasteiger partial charge in [-0.25, -0.2) is 0 Å². The first-order chi connectivity index (χ1) is 4.81. The van der Waals surface area contributed by atoms with Gasteiger partial charge in [0.2, 0.25) is 0 Å². The zero-order valence-corrected chi connectivity index (χ0v) is 8.13. The van der Waals surface area contributed by atoms with Gasteiger partial charge in [0, 0.05) is 6.42 Å². The number of esters is 1. The van der Waals surface area contributed by atoms with Crippen molar-refractivity contribution in [3.8, 4) is 0 Å². The van der Waals surface area contributed by atoms with Crippen LogP contribution < -0.4 is 0 Å². The highest BCUT2D eigenvalue weighted by Crippen LogP contribution is 1.99. The van der Waals surface area contributed by atoms with Gasteiger partial charge in [0.15, 0.2) is 0 Å². The van der Waals surface area contributed by atoms with E-state index >= 15 is 0 Å². The fourth-order valence-electron chi connectivity index (χ4n) is 0.529. The van der Waals surface area contributed by atoms with Gasteiger partial charge in [0.1, 0.15) is 0 Å². The maximum atomic E-state index is 10.5. The van der Waals surface area contributed by atoms with Gasteiger partial charge in [-0.3, -0.25) is 4.79 Å². The molecular weight excluding hydrogens is 243 g/mol. The predicted molar refractivity (Wildman–Crippen MR) is 49.0 cm³/mol. The summed E-state index contributed by atoms with van der Waals surface area (Å²) in [7, 11) is 1.41. The quantitative estimate of drug-likeness (QED) is 0.437. The van der Waals surface area contributed by atoms with Crippen LogP contribution in [0.5, 0.6) is 0 Å². The van der Waals surface area contributed by atoms with Crippen LogP contribution in [0.3, 0.4) is 0 Å². The highest BCUT2D eigenvalue weighted by molar-refractivity contribution is 14.1. The second-order valence-corrected chi connectivity index (χ2v) is 2.55. The molecule has 0 rings (SSSR count). The van der Waals surface area contributed by atoms with Crippen LogP contribution in [0, 0.1) is 0 Å². The van der Waals surface area contributed by atoms with Gasteiger partial charge >= 0.3 is 5.97 Å². The summed E-state index contributed by atoms with van der Waals surface area (Å²) in [5.41, 5.74) is 0. The Kier molecular flexibility index (Phi) is 7.01. The monoisotopic (exact) mass is 254 g/mol. The average Bonchev–Trinajstić information content (AvgIpc) is 1.98. The van der Waals surface area contributed by atoms with E-state index < -0.39 is 0 Å². The van der Waals surface area contributed by atoms with Gasteiger partial charge in [-0.05, 0) is 16.9 Å². The smallest absolute Gasteiger partial charge is 0.305 e. The van der Waals surface area contributed by atoms with E-state index in [4.69, 9.17) is 0 Å². The van der Waals surface area contributed by atoms with Crippen LogP contribution in [0.1, 0.15) is 19.3 Å². The molecule has 2 nitrogen and oxygen atoms in total. The number of hydrogen-bond acceptors (Lipinski definition) is 2. The average molecular weight is 254 g/mol. The second kappa shape index (κ2) is 7.05. The lowest BCUT2D eigenvalue weighted by Gasteiger charge is -1.94. The van der Waals surface area contributed by atoms with Crippen LogP contribution in [0.2, 0.25) is 0 Å². The molecule has 0 aromatic carbocycles. The molecule has 58 valence electrons. The van der Waals surface area contributed by atoms with Crippen molar-refractivity contribution in [1.82, 2.24) is 0 Å². The lowest BCUT2D eigenvalue weighted by molar-refractivity contribution is -0.140. The van der Waals surface area contributed by atoms with Crippen molar-refractivity contribution in [3.63, 3.8) is 0 Å². The summed E-state index contributed by atoms with van der Waals surface area (Å²) < 4.78 is 6.42. The van der Waals surface area contributed by atoms with E-state index in [-0.39, 0.29) is 5.97 Å². The van der Waals surface area contributed by atoms with E-state index in [1.165, 1.54) is 7.11 Å². The SMILES string of the molecule is COC(=O)CCC/C=C\I. The molecule has 3 heteroatoms. The fraction of sp³-hybridized carbons (Fsp3) is 0.571. The molecule has 0 aliphatic carbocycles. The van der Waals surface area contributed by atoms with E-state index in [1.807, 2.05) is 10.2 Å². The summed E-state index contributed by atoms with van der Waals surface area (Å²) >= 11 is 2.16. The molecule has 0 saturated carbocycles. The highest BCUT2D eigenvalue weighted by atomic mass is 127. The van der Waals surface area contributed by atoms with E-state index in [0.717, 1.165) is 12.8 Å². The number of unbranched alkanes of at least 4 members (excludes halogenated alkanes) is 1. The Bertz CT molecular complexity index is 121. The molecule has 0 N–H and O–H groups in total. The molecule has 0 saturated heterocycles. The lowest BCUT2D eigenvalue weighted by Crippen LogP contribution is -1.98. The number of carbonyl (C=O) groups is 1. The third-order valence-corrected chi connectivity index (χ3v) is 1.58. The van der Waals surface area contributed by atoms with Gasteiger partial charge in [0.05, 0.1) is 7.11 Å². The van der Waals surface area contributed by atoms with Crippen molar-refractivity contribution in [2.24, 2.45) is 0 Å². The summed E-state index contributed by atoms with van der Waals surface area (Å²) in [4.78, 5) is 10.5. The molecule has 10 heavy (non-hydrogen) atoms. The minimum atomic E-state index is -0.123. The molecule has 0 spiro atoms. The molecule has 0 unspecified atom stereocenters. The molecule has 0 radical (unpaired) electrons. The summed E-state index contributed by atoms with van der Waals surface area (Å²) in [6, 6.07) is 0. The summed E-state index contributed by atoms with van der Waals surface area (Å²) in [6.07, 6.45) is 4.39. The molecule has 0 fully saturated rings. The van der Waals surface area contributed by atoms with E-state index in [2.05, 4.69) is 27.3 Å². The largest absolute Gasteiger partial charge is 0.469 e. The van der Waals surface area contributed by atoms with Crippen molar-refractivity contribution < 1.29 is 9.53 Å². The zero-order valence-electron chi connectivity index (χ0n) is 5.97. The molecule has 0 heterocycles. The maximum absolute atomic E-state index is 10.5. The Hall–Kier alpha value is -0.0600. The Morgan fingerprint density at radius 2 is 2.40 bits per heavy atom. The van der Waals surface area contributed by atoms with Gasteiger partial charge in [-0.15, -0.1) is 0 Å². The summed E-state index contributed by atoms with van der Waals surface area (Å²) in [6.45, 7) is 0. The van der Waals surface area contributed by atoms with E-state index in [0.29, 0.717) is 6.42 Å². The Labute approximate surface area is 74.8 Å². The Morgan fingerprint density at radius 3 is 2.90 bits per heavy atom. The minimum absolute atomic E-state index is 0.123. The Morgan fingerprint density at radius 1 is 1.70 bits per heavy atom. The molecule has 0 aromatic rings. The number of halogens is 1. The number of hydrogen-bond donors (Lipinski definition) is 0. The van der Waals surface area contributed by atoms with Crippen molar-refractivity contribution in [3.05, 3.63) is 10.2 Å². The first-order valence-electron chi connectivity index (χ1n) is 3.13. The maximum Gasteiger partial charge on any atom is 0.305 e. The lowest BCUT2D eigenvalue weighted by atomic mass is 10.2. The van der Waals surface area contributed by atoms with Gasteiger partial charge in [-0.1, -0.05) is 28.7 Å². The number of rotatable bonds is 4. The van der Waals surface area contributed by atoms with Crippen LogP contribution in [0.4, 0.5) is 0 Å². The molecular formula is C7H11IO2. The molecule has 0 amide bonds. The first kappa shape index (κ1) is 9.94. The van der Waals surface area contributed by atoms with Crippen LogP contribution in [0.25, 0.3) is 0 Å². The normalized spacial score (nSPS) is 10.2. The summed E-state index contributed by atoms with van der Waals surface area (Å²) in [5, 5.41) is 0. The van der Waals surface area contributed by atoms with E-state index in [9.17, 15) is 4.79 Å². The molecule has 0 aromatic heterocycles. The molecule has 0 bridgehead atoms. The summed E-state index contributed by atoms with van der Waals surface area (Å²) in [5.74, 6) is -0.123. The van der Waals surface area contributed by atoms with E-state index in [1.54, 1.807) is 0 Å². The number of carbonyl (C=O) groups excluding carboxylic acids is 1. The van der Waals surface area contributed by atoms with Crippen LogP contribution in [0.15, 0.2) is 10.2 Å². The van der Waals surface area contributed by atoms with Crippen molar-refractivity contribution in [2.45, 2.75) is 19.3 Å². The van der Waals surface area contributed by atoms with Crippen molar-refractivity contribution >= 4 is 28.6 Å². The second-order valence-electron chi connectivity index (χ2n) is 1.83. The minimum Gasteiger partial charge on any atom is -0.469 e. The fourth-order valence-corrected chi connectivity index (χ4v) is 0.889. The third kappa shape index (κ3) is 6.07. The molecule has 0 aliphatic heterocycles. The third-order valence-electron chi connectivity index (χ3n) is 1.07. The van der Waals surface area contributed by atoms with Gasteiger partial charge in [0.25, 0.3) is 0 Å². The molecule has 0 atom stereocenters. The number of ether oxygens (including phenoxy) is 1.